The van der Waals surface area contributed by atoms with Crippen molar-refractivity contribution in [1.82, 2.24) is 0 Å². The van der Waals surface area contributed by atoms with Gasteiger partial charge in [-0.3, -0.25) is 0 Å². The lowest BCUT2D eigenvalue weighted by Gasteiger charge is -2.21. The maximum atomic E-state index is 11.4. The minimum atomic E-state index is -3.66. The van der Waals surface area contributed by atoms with E-state index < -0.39 is 13.8 Å². The summed E-state index contributed by atoms with van der Waals surface area (Å²) in [6, 6.07) is 6.86. The highest BCUT2D eigenvalue weighted by atomic mass is 35.7. The Kier molecular flexibility index (Phi) is 3.31. The van der Waals surface area contributed by atoms with Crippen LogP contribution >= 0.6 is 10.7 Å². The normalized spacial score (nSPS) is 12.5. The molecule has 0 radical (unpaired) electrons. The third-order valence-electron chi connectivity index (χ3n) is 2.37. The summed E-state index contributed by atoms with van der Waals surface area (Å²) in [6.45, 7) is 3.12. The summed E-state index contributed by atoms with van der Waals surface area (Å²) in [5.74, 6) is 0.612. The van der Waals surface area contributed by atoms with Gasteiger partial charge in [-0.2, -0.15) is 0 Å². The Morgan fingerprint density at radius 1 is 1.33 bits per heavy atom. The molecule has 0 saturated carbocycles. The van der Waals surface area contributed by atoms with Gasteiger partial charge in [0.15, 0.2) is 0 Å². The van der Waals surface area contributed by atoms with Gasteiger partial charge in [-0.1, -0.05) is 12.1 Å². The first-order valence-corrected chi connectivity index (χ1v) is 6.68. The molecule has 0 unspecified atom stereocenters. The van der Waals surface area contributed by atoms with Crippen molar-refractivity contribution in [1.29, 1.82) is 0 Å². The number of hydrogen-bond donors (Lipinski definition) is 0. The smallest absolute Gasteiger partial charge is 0.241 e. The van der Waals surface area contributed by atoms with Gasteiger partial charge >= 0.3 is 0 Å². The van der Waals surface area contributed by atoms with Gasteiger partial charge in [-0.15, -0.1) is 0 Å². The fraction of sp³-hybridized carbons (Fsp3) is 0.400. The van der Waals surface area contributed by atoms with E-state index in [1.54, 1.807) is 38.1 Å². The Bertz CT molecular complexity index is 451. The zero-order chi connectivity index (χ0) is 11.7. The second-order valence-electron chi connectivity index (χ2n) is 3.68. The van der Waals surface area contributed by atoms with E-state index in [1.807, 2.05) is 0 Å². The van der Waals surface area contributed by atoms with Crippen molar-refractivity contribution in [2.24, 2.45) is 0 Å². The van der Waals surface area contributed by atoms with Gasteiger partial charge in [0.2, 0.25) is 9.05 Å². The SMILES string of the molecule is COc1cccc(C(C)(C)S(=O)(=O)Cl)c1. The average molecular weight is 249 g/mol. The largest absolute Gasteiger partial charge is 0.497 e. The molecule has 1 aromatic rings. The second-order valence-corrected chi connectivity index (χ2v) is 6.80. The van der Waals surface area contributed by atoms with E-state index in [2.05, 4.69) is 0 Å². The van der Waals surface area contributed by atoms with Crippen molar-refractivity contribution in [3.63, 3.8) is 0 Å². The van der Waals surface area contributed by atoms with Crippen molar-refractivity contribution in [3.05, 3.63) is 29.8 Å². The standard InChI is InChI=1S/C10H13ClO3S/c1-10(2,15(11,12)13)8-5-4-6-9(7-8)14-3/h4-7H,1-3H3. The zero-order valence-corrected chi connectivity index (χ0v) is 10.4. The fourth-order valence-electron chi connectivity index (χ4n) is 1.14. The molecule has 0 spiro atoms. The molecule has 1 aromatic carbocycles. The van der Waals surface area contributed by atoms with Crippen LogP contribution < -0.4 is 4.74 Å². The zero-order valence-electron chi connectivity index (χ0n) is 8.82. The molecule has 0 fully saturated rings. The molecule has 3 nitrogen and oxygen atoms in total. The quantitative estimate of drug-likeness (QED) is 0.772. The van der Waals surface area contributed by atoms with Crippen LogP contribution in [0.15, 0.2) is 24.3 Å². The molecule has 0 amide bonds. The number of ether oxygens (including phenoxy) is 1. The Hall–Kier alpha value is -0.740. The first-order chi connectivity index (χ1) is 6.79. The van der Waals surface area contributed by atoms with Crippen LogP contribution in [-0.4, -0.2) is 15.5 Å². The molecule has 15 heavy (non-hydrogen) atoms. The summed E-state index contributed by atoms with van der Waals surface area (Å²) in [4.78, 5) is 0. The molecule has 0 bridgehead atoms. The summed E-state index contributed by atoms with van der Waals surface area (Å²) in [5, 5.41) is 0. The number of rotatable bonds is 3. The Labute approximate surface area is 94.4 Å². The van der Waals surface area contributed by atoms with Crippen LogP contribution in [0.1, 0.15) is 19.4 Å². The Morgan fingerprint density at radius 2 is 1.93 bits per heavy atom. The first-order valence-electron chi connectivity index (χ1n) is 4.38. The van der Waals surface area contributed by atoms with Crippen LogP contribution in [-0.2, 0) is 13.8 Å². The molecular weight excluding hydrogens is 236 g/mol. The maximum Gasteiger partial charge on any atom is 0.241 e. The molecule has 84 valence electrons. The van der Waals surface area contributed by atoms with Crippen LogP contribution in [0.5, 0.6) is 5.75 Å². The number of methoxy groups -OCH3 is 1. The van der Waals surface area contributed by atoms with Gasteiger partial charge in [0, 0.05) is 10.7 Å². The molecule has 0 aliphatic carbocycles. The van der Waals surface area contributed by atoms with Crippen LogP contribution in [0, 0.1) is 0 Å². The minimum absolute atomic E-state index is 0.608. The van der Waals surface area contributed by atoms with Crippen molar-refractivity contribution >= 4 is 19.7 Å². The van der Waals surface area contributed by atoms with E-state index in [-0.39, 0.29) is 0 Å². The van der Waals surface area contributed by atoms with E-state index in [0.29, 0.717) is 11.3 Å². The predicted molar refractivity (Wildman–Crippen MR) is 60.8 cm³/mol. The van der Waals surface area contributed by atoms with Gasteiger partial charge in [0.05, 0.1) is 7.11 Å². The third kappa shape index (κ3) is 2.44. The molecular formula is C10H13ClO3S. The summed E-state index contributed by atoms with van der Waals surface area (Å²) in [7, 11) is 3.25. The van der Waals surface area contributed by atoms with Gasteiger partial charge in [0.25, 0.3) is 0 Å². The molecule has 0 atom stereocenters. The molecule has 0 aliphatic heterocycles. The van der Waals surface area contributed by atoms with Crippen molar-refractivity contribution < 1.29 is 13.2 Å². The summed E-state index contributed by atoms with van der Waals surface area (Å²) in [5.41, 5.74) is 0.608. The second kappa shape index (κ2) is 4.02. The third-order valence-corrected chi connectivity index (χ3v) is 4.99. The van der Waals surface area contributed by atoms with Crippen LogP contribution in [0.25, 0.3) is 0 Å². The monoisotopic (exact) mass is 248 g/mol. The van der Waals surface area contributed by atoms with Crippen molar-refractivity contribution in [2.45, 2.75) is 18.6 Å². The van der Waals surface area contributed by atoms with E-state index in [1.165, 1.54) is 7.11 Å². The Balaban J connectivity index is 3.27. The first kappa shape index (κ1) is 12.3. The van der Waals surface area contributed by atoms with Gasteiger partial charge in [-0.05, 0) is 31.5 Å². The van der Waals surface area contributed by atoms with Crippen LogP contribution in [0.3, 0.4) is 0 Å². The van der Waals surface area contributed by atoms with Gasteiger partial charge in [0.1, 0.15) is 10.5 Å². The number of halogens is 1. The lowest BCUT2D eigenvalue weighted by molar-refractivity contribution is 0.413. The lowest BCUT2D eigenvalue weighted by atomic mass is 10.0. The minimum Gasteiger partial charge on any atom is -0.497 e. The number of hydrogen-bond acceptors (Lipinski definition) is 3. The summed E-state index contributed by atoms with van der Waals surface area (Å²) < 4.78 is 26.7. The highest BCUT2D eigenvalue weighted by molar-refractivity contribution is 8.14. The molecule has 5 heteroatoms. The predicted octanol–water partition coefficient (Wildman–Crippen LogP) is 2.50. The van der Waals surface area contributed by atoms with E-state index >= 15 is 0 Å². The van der Waals surface area contributed by atoms with E-state index in [9.17, 15) is 8.42 Å². The highest BCUT2D eigenvalue weighted by Crippen LogP contribution is 2.33. The van der Waals surface area contributed by atoms with Crippen LogP contribution in [0.2, 0.25) is 0 Å². The van der Waals surface area contributed by atoms with Crippen molar-refractivity contribution in [2.75, 3.05) is 7.11 Å². The molecule has 0 aliphatic rings. The molecule has 1 rings (SSSR count). The Morgan fingerprint density at radius 3 is 2.40 bits per heavy atom. The highest BCUT2D eigenvalue weighted by Gasteiger charge is 2.34. The average Bonchev–Trinajstić information content (AvgIpc) is 2.16. The summed E-state index contributed by atoms with van der Waals surface area (Å²) >= 11 is 0. The summed E-state index contributed by atoms with van der Waals surface area (Å²) in [6.07, 6.45) is 0. The van der Waals surface area contributed by atoms with Crippen LogP contribution in [0.4, 0.5) is 0 Å². The number of benzene rings is 1. The molecule has 0 heterocycles. The van der Waals surface area contributed by atoms with Gasteiger partial charge in [-0.25, -0.2) is 8.42 Å². The lowest BCUT2D eigenvalue weighted by Crippen LogP contribution is -2.24. The fourth-order valence-corrected chi connectivity index (χ4v) is 1.81. The maximum absolute atomic E-state index is 11.4. The van der Waals surface area contributed by atoms with Gasteiger partial charge < -0.3 is 4.74 Å². The van der Waals surface area contributed by atoms with E-state index in [0.717, 1.165) is 0 Å². The molecule has 0 N–H and O–H groups in total. The topological polar surface area (TPSA) is 43.4 Å². The van der Waals surface area contributed by atoms with E-state index in [4.69, 9.17) is 15.4 Å². The van der Waals surface area contributed by atoms with Crippen molar-refractivity contribution in [3.8, 4) is 5.75 Å². The molecule has 0 aromatic heterocycles. The molecule has 0 saturated heterocycles.